The number of nitrogens with one attached hydrogen (secondary N) is 1. The summed E-state index contributed by atoms with van der Waals surface area (Å²) < 4.78 is 13.8. The zero-order valence-electron chi connectivity index (χ0n) is 16.2. The van der Waals surface area contributed by atoms with Crippen molar-refractivity contribution in [3.05, 3.63) is 72.1 Å². The summed E-state index contributed by atoms with van der Waals surface area (Å²) in [7, 11) is 0. The van der Waals surface area contributed by atoms with E-state index in [0.717, 1.165) is 11.1 Å². The molecule has 0 aliphatic rings. The largest absolute Gasteiger partial charge is 0.593 e. The minimum absolute atomic E-state index is 0.0500. The monoisotopic (exact) mass is 396 g/mol. The van der Waals surface area contributed by atoms with Crippen LogP contribution in [-0.2, 0) is 28.0 Å². The van der Waals surface area contributed by atoms with E-state index in [0.29, 0.717) is 16.3 Å². The highest BCUT2D eigenvalue weighted by atomic mass is 32.2. The molecule has 0 spiro atoms. The molecule has 6 nitrogen and oxygen atoms in total. The van der Waals surface area contributed by atoms with Crippen LogP contribution in [-0.4, -0.2) is 20.2 Å². The molecular weight excluding hydrogens is 372 g/mol. The quantitative estimate of drug-likeness (QED) is 0.647. The average Bonchev–Trinajstić information content (AvgIpc) is 3.12. The highest BCUT2D eigenvalue weighted by Gasteiger charge is 2.20. The van der Waals surface area contributed by atoms with Crippen LogP contribution >= 0.6 is 0 Å². The normalized spacial score (nSPS) is 12.6. The van der Waals surface area contributed by atoms with Gasteiger partial charge < -0.3 is 9.87 Å². The van der Waals surface area contributed by atoms with E-state index in [1.807, 2.05) is 36.5 Å². The second-order valence-electron chi connectivity index (χ2n) is 7.61. The first-order chi connectivity index (χ1) is 13.2. The van der Waals surface area contributed by atoms with E-state index in [-0.39, 0.29) is 17.7 Å². The number of amides is 1. The minimum Gasteiger partial charge on any atom is -0.593 e. The number of carbonyl (C=O) groups is 1. The molecule has 3 N–H and O–H groups in total. The number of rotatable bonds is 5. The number of nitrogens with two attached hydrogens (primary N) is 1. The van der Waals surface area contributed by atoms with Gasteiger partial charge in [0.05, 0.1) is 24.0 Å². The van der Waals surface area contributed by atoms with Gasteiger partial charge in [-0.25, -0.2) is 4.68 Å². The van der Waals surface area contributed by atoms with Crippen LogP contribution < -0.4 is 10.5 Å². The Hall–Kier alpha value is -2.61. The second-order valence-corrected chi connectivity index (χ2v) is 8.65. The first-order valence-electron chi connectivity index (χ1n) is 8.93. The summed E-state index contributed by atoms with van der Waals surface area (Å²) in [6.45, 7) is 6.30. The van der Waals surface area contributed by atoms with Crippen molar-refractivity contribution >= 4 is 23.0 Å². The molecule has 0 saturated carbocycles. The SMILES string of the molecule is CC(C)(C)c1cnn(-c2ccc(NC(=O)Cc3ccccc3)cc2[S+](N)[O-])c1. The highest BCUT2D eigenvalue weighted by molar-refractivity contribution is 7.89. The van der Waals surface area contributed by atoms with Gasteiger partial charge in [-0.15, -0.1) is 5.14 Å². The molecule has 7 heteroatoms. The van der Waals surface area contributed by atoms with Gasteiger partial charge in [0.1, 0.15) is 5.69 Å². The summed E-state index contributed by atoms with van der Waals surface area (Å²) in [5.74, 6) is -0.151. The molecular formula is C21H24N4O2S. The fourth-order valence-electron chi connectivity index (χ4n) is 2.77. The van der Waals surface area contributed by atoms with Gasteiger partial charge in [0, 0.05) is 18.0 Å². The number of benzene rings is 2. The van der Waals surface area contributed by atoms with Gasteiger partial charge in [-0.2, -0.15) is 5.10 Å². The molecule has 1 unspecified atom stereocenters. The Bertz CT molecular complexity index is 962. The lowest BCUT2D eigenvalue weighted by molar-refractivity contribution is -0.115. The molecule has 0 aliphatic carbocycles. The van der Waals surface area contributed by atoms with Gasteiger partial charge in [0.25, 0.3) is 0 Å². The van der Waals surface area contributed by atoms with Crippen LogP contribution in [0.25, 0.3) is 5.69 Å². The Morgan fingerprint density at radius 1 is 1.21 bits per heavy atom. The summed E-state index contributed by atoms with van der Waals surface area (Å²) in [5, 5.41) is 12.9. The van der Waals surface area contributed by atoms with Crippen molar-refractivity contribution in [3.63, 3.8) is 0 Å². The molecule has 146 valence electrons. The molecule has 2 aromatic carbocycles. The van der Waals surface area contributed by atoms with Crippen LogP contribution in [0.5, 0.6) is 0 Å². The van der Waals surface area contributed by atoms with Gasteiger partial charge in [-0.05, 0) is 28.7 Å². The van der Waals surface area contributed by atoms with Crippen molar-refractivity contribution in [3.8, 4) is 5.69 Å². The Kier molecular flexibility index (Phi) is 5.88. The summed E-state index contributed by atoms with van der Waals surface area (Å²) in [4.78, 5) is 12.7. The zero-order valence-corrected chi connectivity index (χ0v) is 17.0. The predicted octanol–water partition coefficient (Wildman–Crippen LogP) is 3.33. The molecule has 1 amide bonds. The van der Waals surface area contributed by atoms with Gasteiger partial charge in [0.2, 0.25) is 10.8 Å². The third-order valence-corrected chi connectivity index (χ3v) is 5.12. The first-order valence-corrected chi connectivity index (χ1v) is 10.1. The molecule has 1 heterocycles. The molecule has 0 radical (unpaired) electrons. The summed E-state index contributed by atoms with van der Waals surface area (Å²) in [6, 6.07) is 14.6. The van der Waals surface area contributed by atoms with E-state index in [4.69, 9.17) is 5.14 Å². The van der Waals surface area contributed by atoms with Crippen molar-refractivity contribution in [2.24, 2.45) is 5.14 Å². The van der Waals surface area contributed by atoms with E-state index in [1.54, 1.807) is 29.1 Å². The maximum atomic E-state index is 12.3. The van der Waals surface area contributed by atoms with Gasteiger partial charge >= 0.3 is 0 Å². The van der Waals surface area contributed by atoms with Crippen LogP contribution in [0.1, 0.15) is 31.9 Å². The van der Waals surface area contributed by atoms with Gasteiger partial charge in [-0.1, -0.05) is 51.1 Å². The molecule has 1 atom stereocenters. The van der Waals surface area contributed by atoms with Crippen molar-refractivity contribution in [2.45, 2.75) is 37.5 Å². The minimum atomic E-state index is -1.73. The number of anilines is 1. The molecule has 28 heavy (non-hydrogen) atoms. The Labute approximate surface area is 168 Å². The number of nitrogens with zero attached hydrogens (tertiary/aromatic N) is 2. The van der Waals surface area contributed by atoms with Crippen molar-refractivity contribution in [1.82, 2.24) is 9.78 Å². The molecule has 0 fully saturated rings. The van der Waals surface area contributed by atoms with E-state index < -0.39 is 11.4 Å². The summed E-state index contributed by atoms with van der Waals surface area (Å²) in [6.07, 6.45) is 3.95. The van der Waals surface area contributed by atoms with E-state index in [1.165, 1.54) is 0 Å². The Morgan fingerprint density at radius 2 is 1.93 bits per heavy atom. The fraction of sp³-hybridized carbons (Fsp3) is 0.238. The maximum absolute atomic E-state index is 12.3. The zero-order chi connectivity index (χ0) is 20.3. The maximum Gasteiger partial charge on any atom is 0.228 e. The number of aromatic nitrogens is 2. The fourth-order valence-corrected chi connectivity index (χ4v) is 3.38. The Morgan fingerprint density at radius 3 is 2.54 bits per heavy atom. The average molecular weight is 397 g/mol. The summed E-state index contributed by atoms with van der Waals surface area (Å²) in [5.41, 5.74) is 3.09. The first kappa shape index (κ1) is 20.1. The van der Waals surface area contributed by atoms with E-state index >= 15 is 0 Å². The van der Waals surface area contributed by atoms with Crippen LogP contribution in [0.3, 0.4) is 0 Å². The van der Waals surface area contributed by atoms with Crippen LogP contribution in [0, 0.1) is 0 Å². The van der Waals surface area contributed by atoms with Crippen LogP contribution in [0.15, 0.2) is 65.8 Å². The lowest BCUT2D eigenvalue weighted by Gasteiger charge is -2.15. The Balaban J connectivity index is 1.83. The smallest absolute Gasteiger partial charge is 0.228 e. The lowest BCUT2D eigenvalue weighted by Crippen LogP contribution is -2.18. The molecule has 0 bridgehead atoms. The van der Waals surface area contributed by atoms with Crippen LogP contribution in [0.2, 0.25) is 0 Å². The molecule has 0 saturated heterocycles. The van der Waals surface area contributed by atoms with Crippen molar-refractivity contribution in [2.75, 3.05) is 5.32 Å². The number of hydrogen-bond donors (Lipinski definition) is 2. The second kappa shape index (κ2) is 8.18. The highest BCUT2D eigenvalue weighted by Crippen LogP contribution is 2.26. The molecule has 0 aliphatic heterocycles. The topological polar surface area (TPSA) is 96.0 Å². The number of hydrogen-bond acceptors (Lipinski definition) is 4. The molecule has 1 aromatic heterocycles. The summed E-state index contributed by atoms with van der Waals surface area (Å²) >= 11 is -1.73. The standard InChI is InChI=1S/C21H24N4O2S/c1-21(2,3)16-13-23-25(14-16)18-10-9-17(12-19(18)28(22)27)24-20(26)11-15-7-5-4-6-8-15/h4-10,12-14H,11,22H2,1-3H3,(H,24,26). The van der Waals surface area contributed by atoms with Gasteiger partial charge in [0.15, 0.2) is 0 Å². The van der Waals surface area contributed by atoms with E-state index in [9.17, 15) is 9.35 Å². The van der Waals surface area contributed by atoms with Crippen LogP contribution in [0.4, 0.5) is 5.69 Å². The number of carbonyl (C=O) groups excluding carboxylic acids is 1. The third-order valence-electron chi connectivity index (χ3n) is 4.36. The van der Waals surface area contributed by atoms with Gasteiger partial charge in [-0.3, -0.25) is 4.79 Å². The predicted molar refractivity (Wildman–Crippen MR) is 112 cm³/mol. The molecule has 3 rings (SSSR count). The lowest BCUT2D eigenvalue weighted by atomic mass is 9.90. The third kappa shape index (κ3) is 4.81. The van der Waals surface area contributed by atoms with E-state index in [2.05, 4.69) is 31.2 Å². The van der Waals surface area contributed by atoms with Crippen molar-refractivity contribution in [1.29, 1.82) is 0 Å². The van der Waals surface area contributed by atoms with Crippen molar-refractivity contribution < 1.29 is 9.35 Å². The molecule has 3 aromatic rings.